The minimum atomic E-state index is -0.523. The van der Waals surface area contributed by atoms with Crippen LogP contribution in [0.25, 0.3) is 0 Å². The van der Waals surface area contributed by atoms with E-state index in [4.69, 9.17) is 4.74 Å². The molecule has 0 spiro atoms. The summed E-state index contributed by atoms with van der Waals surface area (Å²) in [5, 5.41) is 9.62. The van der Waals surface area contributed by atoms with Crippen LogP contribution in [-0.2, 0) is 4.74 Å². The van der Waals surface area contributed by atoms with Crippen LogP contribution in [0.3, 0.4) is 0 Å². The van der Waals surface area contributed by atoms with E-state index in [0.29, 0.717) is 5.92 Å². The maximum absolute atomic E-state index is 9.62. The average Bonchev–Trinajstić information content (AvgIpc) is 2.05. The van der Waals surface area contributed by atoms with Gasteiger partial charge in [0.1, 0.15) is 0 Å². The molecule has 12 heavy (non-hydrogen) atoms. The third-order valence-electron chi connectivity index (χ3n) is 2.46. The first-order valence-electron chi connectivity index (χ1n) is 5.03. The Balaban J connectivity index is 2.24. The molecule has 72 valence electrons. The van der Waals surface area contributed by atoms with Gasteiger partial charge in [-0.05, 0) is 26.7 Å². The molecule has 1 saturated carbocycles. The van der Waals surface area contributed by atoms with E-state index < -0.39 is 6.29 Å². The molecular weight excluding hydrogens is 152 g/mol. The number of rotatable bonds is 3. The van der Waals surface area contributed by atoms with Crippen LogP contribution in [0.1, 0.15) is 46.0 Å². The van der Waals surface area contributed by atoms with Crippen molar-refractivity contribution in [1.29, 1.82) is 0 Å². The molecule has 0 amide bonds. The zero-order chi connectivity index (χ0) is 8.97. The molecule has 0 aromatic heterocycles. The Morgan fingerprint density at radius 1 is 1.17 bits per heavy atom. The molecule has 0 aromatic carbocycles. The molecule has 1 aliphatic carbocycles. The lowest BCUT2D eigenvalue weighted by Gasteiger charge is -2.27. The smallest absolute Gasteiger partial charge is 0.157 e. The summed E-state index contributed by atoms with van der Waals surface area (Å²) in [6.07, 6.45) is 5.71. The third kappa shape index (κ3) is 3.11. The van der Waals surface area contributed by atoms with Crippen LogP contribution < -0.4 is 0 Å². The fourth-order valence-electron chi connectivity index (χ4n) is 1.81. The van der Waals surface area contributed by atoms with Crippen LogP contribution in [-0.4, -0.2) is 17.5 Å². The highest BCUT2D eigenvalue weighted by atomic mass is 16.6. The van der Waals surface area contributed by atoms with Crippen LogP contribution in [0, 0.1) is 5.92 Å². The summed E-state index contributed by atoms with van der Waals surface area (Å²) in [4.78, 5) is 0. The van der Waals surface area contributed by atoms with Gasteiger partial charge in [0.05, 0.1) is 6.10 Å². The third-order valence-corrected chi connectivity index (χ3v) is 2.46. The van der Waals surface area contributed by atoms with Gasteiger partial charge in [-0.1, -0.05) is 19.3 Å². The minimum absolute atomic E-state index is 0.141. The Bertz CT molecular complexity index is 117. The molecule has 1 atom stereocenters. The summed E-state index contributed by atoms with van der Waals surface area (Å²) in [5.41, 5.74) is 0. The lowest BCUT2D eigenvalue weighted by atomic mass is 9.89. The molecule has 0 aromatic rings. The van der Waals surface area contributed by atoms with Crippen LogP contribution in [0.5, 0.6) is 0 Å². The molecule has 1 unspecified atom stereocenters. The second-order valence-corrected chi connectivity index (χ2v) is 3.97. The summed E-state index contributed by atoms with van der Waals surface area (Å²) in [7, 11) is 0. The fraction of sp³-hybridized carbons (Fsp3) is 1.00. The van der Waals surface area contributed by atoms with Gasteiger partial charge in [-0.15, -0.1) is 0 Å². The maximum atomic E-state index is 9.62. The number of aliphatic hydroxyl groups is 1. The standard InChI is InChI=1S/C10H20O2/c1-8(2)12-10(11)9-6-4-3-5-7-9/h8-11H,3-7H2,1-2H3. The van der Waals surface area contributed by atoms with Crippen LogP contribution in [0.4, 0.5) is 0 Å². The van der Waals surface area contributed by atoms with Gasteiger partial charge >= 0.3 is 0 Å². The number of hydrogen-bond acceptors (Lipinski definition) is 2. The van der Waals surface area contributed by atoms with Crippen LogP contribution in [0.2, 0.25) is 0 Å². The van der Waals surface area contributed by atoms with Crippen molar-refractivity contribution in [3.05, 3.63) is 0 Å². The summed E-state index contributed by atoms with van der Waals surface area (Å²) >= 11 is 0. The van der Waals surface area contributed by atoms with E-state index in [2.05, 4.69) is 0 Å². The van der Waals surface area contributed by atoms with Crippen molar-refractivity contribution in [2.75, 3.05) is 0 Å². The highest BCUT2D eigenvalue weighted by molar-refractivity contribution is 4.68. The van der Waals surface area contributed by atoms with E-state index in [0.717, 1.165) is 12.8 Å². The zero-order valence-electron chi connectivity index (χ0n) is 8.12. The Kier molecular flexibility index (Phi) is 4.02. The molecule has 1 aliphatic rings. The van der Waals surface area contributed by atoms with Crippen molar-refractivity contribution in [2.45, 2.75) is 58.3 Å². The molecular formula is C10H20O2. The molecule has 0 radical (unpaired) electrons. The van der Waals surface area contributed by atoms with Gasteiger partial charge in [-0.2, -0.15) is 0 Å². The topological polar surface area (TPSA) is 29.5 Å². The van der Waals surface area contributed by atoms with E-state index in [1.54, 1.807) is 0 Å². The molecule has 1 N–H and O–H groups in total. The highest BCUT2D eigenvalue weighted by Crippen LogP contribution is 2.27. The lowest BCUT2D eigenvalue weighted by molar-refractivity contribution is -0.162. The van der Waals surface area contributed by atoms with Gasteiger partial charge in [0, 0.05) is 5.92 Å². The van der Waals surface area contributed by atoms with E-state index in [1.807, 2.05) is 13.8 Å². The molecule has 0 saturated heterocycles. The fourth-order valence-corrected chi connectivity index (χ4v) is 1.81. The molecule has 0 aliphatic heterocycles. The first-order valence-corrected chi connectivity index (χ1v) is 5.03. The monoisotopic (exact) mass is 172 g/mol. The predicted molar refractivity (Wildman–Crippen MR) is 48.8 cm³/mol. The van der Waals surface area contributed by atoms with Gasteiger partial charge < -0.3 is 9.84 Å². The van der Waals surface area contributed by atoms with Gasteiger partial charge in [0.2, 0.25) is 0 Å². The van der Waals surface area contributed by atoms with Crippen molar-refractivity contribution in [2.24, 2.45) is 5.92 Å². The first kappa shape index (κ1) is 10.0. The highest BCUT2D eigenvalue weighted by Gasteiger charge is 2.22. The maximum Gasteiger partial charge on any atom is 0.157 e. The van der Waals surface area contributed by atoms with E-state index in [9.17, 15) is 5.11 Å². The summed E-state index contributed by atoms with van der Waals surface area (Å²) < 4.78 is 5.35. The second-order valence-electron chi connectivity index (χ2n) is 3.97. The Morgan fingerprint density at radius 3 is 2.25 bits per heavy atom. The SMILES string of the molecule is CC(C)OC(O)C1CCCCC1. The molecule has 1 fully saturated rings. The largest absolute Gasteiger partial charge is 0.368 e. The van der Waals surface area contributed by atoms with E-state index >= 15 is 0 Å². The molecule has 2 nitrogen and oxygen atoms in total. The Hall–Kier alpha value is -0.0800. The Morgan fingerprint density at radius 2 is 1.75 bits per heavy atom. The minimum Gasteiger partial charge on any atom is -0.368 e. The average molecular weight is 172 g/mol. The lowest BCUT2D eigenvalue weighted by Crippen LogP contribution is -2.28. The molecule has 0 heterocycles. The number of ether oxygens (including phenoxy) is 1. The Labute approximate surface area is 74.9 Å². The summed E-state index contributed by atoms with van der Waals surface area (Å²) in [6, 6.07) is 0. The second kappa shape index (κ2) is 4.83. The van der Waals surface area contributed by atoms with Crippen molar-refractivity contribution in [3.63, 3.8) is 0 Å². The van der Waals surface area contributed by atoms with E-state index in [-0.39, 0.29) is 6.10 Å². The zero-order valence-corrected chi connectivity index (χ0v) is 8.12. The number of hydrogen-bond donors (Lipinski definition) is 1. The quantitative estimate of drug-likeness (QED) is 0.662. The van der Waals surface area contributed by atoms with Crippen LogP contribution >= 0.6 is 0 Å². The van der Waals surface area contributed by atoms with Crippen molar-refractivity contribution in [1.82, 2.24) is 0 Å². The molecule has 0 bridgehead atoms. The predicted octanol–water partition coefficient (Wildman–Crippen LogP) is 2.31. The van der Waals surface area contributed by atoms with Gasteiger partial charge in [-0.3, -0.25) is 0 Å². The van der Waals surface area contributed by atoms with Crippen molar-refractivity contribution >= 4 is 0 Å². The van der Waals surface area contributed by atoms with Crippen molar-refractivity contribution < 1.29 is 9.84 Å². The normalized spacial score (nSPS) is 23.0. The van der Waals surface area contributed by atoms with Gasteiger partial charge in [0.25, 0.3) is 0 Å². The molecule has 1 rings (SSSR count). The summed E-state index contributed by atoms with van der Waals surface area (Å²) in [5.74, 6) is 0.390. The van der Waals surface area contributed by atoms with Crippen molar-refractivity contribution in [3.8, 4) is 0 Å². The van der Waals surface area contributed by atoms with Gasteiger partial charge in [0.15, 0.2) is 6.29 Å². The first-order chi connectivity index (χ1) is 5.70. The van der Waals surface area contributed by atoms with Crippen LogP contribution in [0.15, 0.2) is 0 Å². The summed E-state index contributed by atoms with van der Waals surface area (Å²) in [6.45, 7) is 3.93. The van der Waals surface area contributed by atoms with Gasteiger partial charge in [-0.25, -0.2) is 0 Å². The van der Waals surface area contributed by atoms with E-state index in [1.165, 1.54) is 19.3 Å². The number of aliphatic hydroxyl groups excluding tert-OH is 1. The molecule has 2 heteroatoms.